The largest absolute Gasteiger partial charge is 0.491 e. The number of pyridine rings is 1. The number of ether oxygens (including phenoxy) is 1. The molecule has 1 aromatic carbocycles. The molecule has 0 aliphatic heterocycles. The van der Waals surface area contributed by atoms with Gasteiger partial charge < -0.3 is 4.74 Å². The molecule has 0 atom stereocenters. The Hall–Kier alpha value is -2.48. The molecular formula is C17H9BrF3NO3. The van der Waals surface area contributed by atoms with E-state index >= 15 is 0 Å². The summed E-state index contributed by atoms with van der Waals surface area (Å²) < 4.78 is 42.8. The van der Waals surface area contributed by atoms with Crippen LogP contribution in [0.5, 0.6) is 0 Å². The third kappa shape index (κ3) is 2.97. The molecule has 25 heavy (non-hydrogen) atoms. The second kappa shape index (κ2) is 6.11. The van der Waals surface area contributed by atoms with Crippen LogP contribution in [0.2, 0.25) is 0 Å². The van der Waals surface area contributed by atoms with Crippen LogP contribution < -0.4 is 0 Å². The van der Waals surface area contributed by atoms with Crippen LogP contribution in [0.3, 0.4) is 0 Å². The van der Waals surface area contributed by atoms with Gasteiger partial charge in [0, 0.05) is 5.56 Å². The summed E-state index contributed by atoms with van der Waals surface area (Å²) in [6.45, 7) is 0. The van der Waals surface area contributed by atoms with Gasteiger partial charge in [0.2, 0.25) is 11.6 Å². The summed E-state index contributed by atoms with van der Waals surface area (Å²) >= 11 is 3.02. The lowest BCUT2D eigenvalue weighted by Gasteiger charge is -2.17. The van der Waals surface area contributed by atoms with E-state index in [0.717, 1.165) is 12.1 Å². The second-order valence-corrected chi connectivity index (χ2v) is 5.97. The van der Waals surface area contributed by atoms with Crippen LogP contribution in [-0.2, 0) is 10.9 Å². The molecule has 0 spiro atoms. The molecule has 0 radical (unpaired) electrons. The number of aromatic nitrogens is 1. The van der Waals surface area contributed by atoms with E-state index in [1.54, 1.807) is 0 Å². The quantitative estimate of drug-likeness (QED) is 0.734. The van der Waals surface area contributed by atoms with Crippen LogP contribution >= 0.6 is 15.9 Å². The highest BCUT2D eigenvalue weighted by molar-refractivity contribution is 9.12. The third-order valence-corrected chi connectivity index (χ3v) is 4.39. The van der Waals surface area contributed by atoms with Crippen molar-refractivity contribution in [3.63, 3.8) is 0 Å². The van der Waals surface area contributed by atoms with Crippen molar-refractivity contribution in [1.82, 2.24) is 4.98 Å². The minimum Gasteiger partial charge on any atom is -0.491 e. The van der Waals surface area contributed by atoms with Gasteiger partial charge in [-0.3, -0.25) is 9.59 Å². The minimum atomic E-state index is -4.43. The van der Waals surface area contributed by atoms with Gasteiger partial charge in [-0.1, -0.05) is 12.1 Å². The van der Waals surface area contributed by atoms with Crippen molar-refractivity contribution in [2.24, 2.45) is 0 Å². The number of halogens is 4. The highest BCUT2D eigenvalue weighted by Crippen LogP contribution is 2.33. The van der Waals surface area contributed by atoms with Gasteiger partial charge in [0.15, 0.2) is 5.76 Å². The summed E-state index contributed by atoms with van der Waals surface area (Å²) in [5.41, 5.74) is -0.0878. The summed E-state index contributed by atoms with van der Waals surface area (Å²) in [5, 5.41) is 0. The van der Waals surface area contributed by atoms with Crippen molar-refractivity contribution in [2.45, 2.75) is 6.18 Å². The van der Waals surface area contributed by atoms with E-state index < -0.39 is 23.3 Å². The first kappa shape index (κ1) is 17.3. The zero-order valence-corrected chi connectivity index (χ0v) is 14.2. The highest BCUT2D eigenvalue weighted by Gasteiger charge is 2.34. The van der Waals surface area contributed by atoms with Gasteiger partial charge in [-0.25, -0.2) is 4.98 Å². The smallest absolute Gasteiger partial charge is 0.416 e. The van der Waals surface area contributed by atoms with Gasteiger partial charge in [0.1, 0.15) is 10.2 Å². The van der Waals surface area contributed by atoms with Gasteiger partial charge in [-0.15, -0.1) is 0 Å². The second-order valence-electron chi connectivity index (χ2n) is 5.17. The molecule has 1 aromatic heterocycles. The third-order valence-electron chi connectivity index (χ3n) is 3.67. The Bertz CT molecular complexity index is 918. The number of benzene rings is 1. The fourth-order valence-corrected chi connectivity index (χ4v) is 2.95. The molecule has 1 aliphatic carbocycles. The molecule has 0 saturated carbocycles. The number of nitrogens with zero attached hydrogens (tertiary/aromatic N) is 1. The number of rotatable bonds is 2. The van der Waals surface area contributed by atoms with Crippen molar-refractivity contribution in [1.29, 1.82) is 0 Å². The molecule has 0 bridgehead atoms. The average molecular weight is 412 g/mol. The topological polar surface area (TPSA) is 56.3 Å². The summed E-state index contributed by atoms with van der Waals surface area (Å²) in [7, 11) is 1.27. The maximum Gasteiger partial charge on any atom is 0.416 e. The molecule has 0 unspecified atom stereocenters. The highest BCUT2D eigenvalue weighted by atomic mass is 79.9. The van der Waals surface area contributed by atoms with Gasteiger partial charge in [0.25, 0.3) is 0 Å². The van der Waals surface area contributed by atoms with E-state index in [1.807, 2.05) is 0 Å². The monoisotopic (exact) mass is 411 g/mol. The number of methoxy groups -OCH3 is 1. The SMILES string of the molecule is COC1=C(Br)C(=O)c2nc(-c3ccc(C(F)(F)F)cc3)ccc2C1=O. The van der Waals surface area contributed by atoms with Crippen molar-refractivity contribution < 1.29 is 27.5 Å². The van der Waals surface area contributed by atoms with Crippen LogP contribution in [-0.4, -0.2) is 23.7 Å². The number of hydrogen-bond acceptors (Lipinski definition) is 4. The summed E-state index contributed by atoms with van der Waals surface area (Å²) in [6.07, 6.45) is -4.43. The number of carbonyl (C=O) groups is 2. The van der Waals surface area contributed by atoms with Crippen molar-refractivity contribution in [2.75, 3.05) is 7.11 Å². The number of hydrogen-bond donors (Lipinski definition) is 0. The molecule has 0 amide bonds. The molecule has 0 N–H and O–H groups in total. The predicted octanol–water partition coefficient (Wildman–Crippen LogP) is 4.40. The van der Waals surface area contributed by atoms with Gasteiger partial charge in [-0.05, 0) is 40.2 Å². The van der Waals surface area contributed by atoms with Gasteiger partial charge in [0.05, 0.1) is 23.9 Å². The maximum absolute atomic E-state index is 12.6. The molecule has 1 aliphatic rings. The maximum atomic E-state index is 12.6. The fourth-order valence-electron chi connectivity index (χ4n) is 2.42. The van der Waals surface area contributed by atoms with E-state index in [2.05, 4.69) is 20.9 Å². The van der Waals surface area contributed by atoms with Crippen molar-refractivity contribution in [3.05, 3.63) is 63.5 Å². The Morgan fingerprint density at radius 3 is 2.20 bits per heavy atom. The van der Waals surface area contributed by atoms with Crippen LogP contribution in [0.4, 0.5) is 13.2 Å². The van der Waals surface area contributed by atoms with Crippen molar-refractivity contribution in [3.8, 4) is 11.3 Å². The Morgan fingerprint density at radius 1 is 1.00 bits per heavy atom. The Morgan fingerprint density at radius 2 is 1.64 bits per heavy atom. The lowest BCUT2D eigenvalue weighted by atomic mass is 9.97. The molecule has 3 rings (SSSR count). The average Bonchev–Trinajstić information content (AvgIpc) is 2.59. The number of ketones is 2. The normalized spacial score (nSPS) is 14.6. The molecule has 1 heterocycles. The standard InChI is InChI=1S/C17H9BrF3NO3/c1-25-16-12(18)15(24)13-10(14(16)23)6-7-11(22-13)8-2-4-9(5-3-8)17(19,20)21/h2-7H,1H3. The van der Waals surface area contributed by atoms with E-state index in [9.17, 15) is 22.8 Å². The first-order valence-electron chi connectivity index (χ1n) is 6.96. The first-order valence-corrected chi connectivity index (χ1v) is 7.75. The van der Waals surface area contributed by atoms with E-state index in [-0.39, 0.29) is 27.2 Å². The molecule has 128 valence electrons. The number of alkyl halides is 3. The number of fused-ring (bicyclic) bond motifs is 1. The minimum absolute atomic E-state index is 0.0374. The molecule has 0 saturated heterocycles. The number of allylic oxidation sites excluding steroid dienone is 2. The molecule has 2 aromatic rings. The van der Waals surface area contributed by atoms with E-state index in [1.165, 1.54) is 31.4 Å². The van der Waals surface area contributed by atoms with Crippen LogP contribution in [0, 0.1) is 0 Å². The zero-order chi connectivity index (χ0) is 18.4. The Balaban J connectivity index is 2.04. The Kier molecular flexibility index (Phi) is 4.24. The Labute approximate surface area is 148 Å². The van der Waals surface area contributed by atoms with Crippen LogP contribution in [0.1, 0.15) is 26.4 Å². The first-order chi connectivity index (χ1) is 11.7. The molecule has 8 heteroatoms. The van der Waals surface area contributed by atoms with Crippen molar-refractivity contribution >= 4 is 27.5 Å². The van der Waals surface area contributed by atoms with Crippen LogP contribution in [0.15, 0.2) is 46.6 Å². The summed E-state index contributed by atoms with van der Waals surface area (Å²) in [5.74, 6) is -1.13. The number of carbonyl (C=O) groups excluding carboxylic acids is 2. The lowest BCUT2D eigenvalue weighted by molar-refractivity contribution is -0.137. The molecular weight excluding hydrogens is 403 g/mol. The zero-order valence-electron chi connectivity index (χ0n) is 12.6. The summed E-state index contributed by atoms with van der Waals surface area (Å²) in [6, 6.07) is 7.27. The summed E-state index contributed by atoms with van der Waals surface area (Å²) in [4.78, 5) is 28.8. The predicted molar refractivity (Wildman–Crippen MR) is 86.3 cm³/mol. The van der Waals surface area contributed by atoms with E-state index in [0.29, 0.717) is 5.56 Å². The van der Waals surface area contributed by atoms with Gasteiger partial charge >= 0.3 is 6.18 Å². The lowest BCUT2D eigenvalue weighted by Crippen LogP contribution is -2.22. The molecule has 0 fully saturated rings. The van der Waals surface area contributed by atoms with E-state index in [4.69, 9.17) is 4.74 Å². The van der Waals surface area contributed by atoms with Crippen LogP contribution in [0.25, 0.3) is 11.3 Å². The number of Topliss-reactive ketones (excluding diaryl/α,β-unsaturated/α-hetero) is 2. The van der Waals surface area contributed by atoms with Gasteiger partial charge in [-0.2, -0.15) is 13.2 Å². The fraction of sp³-hybridized carbons (Fsp3) is 0.118. The molecule has 4 nitrogen and oxygen atoms in total.